The van der Waals surface area contributed by atoms with Crippen LogP contribution in [0.15, 0.2) is 0 Å². The van der Waals surface area contributed by atoms with Crippen molar-refractivity contribution in [2.24, 2.45) is 0 Å². The summed E-state index contributed by atoms with van der Waals surface area (Å²) in [6, 6.07) is -0.313. The number of carbonyl (C=O) groups excluding carboxylic acids is 1. The highest BCUT2D eigenvalue weighted by atomic mass is 32.2. The predicted molar refractivity (Wildman–Crippen MR) is 61.8 cm³/mol. The molecule has 7 heteroatoms. The highest BCUT2D eigenvalue weighted by molar-refractivity contribution is 7.84. The maximum atomic E-state index is 11.1. The molecule has 6 nitrogen and oxygen atoms in total. The highest BCUT2D eigenvalue weighted by Crippen LogP contribution is 1.86. The third-order valence-electron chi connectivity index (χ3n) is 1.75. The Hall–Kier alpha value is -1.11. The summed E-state index contributed by atoms with van der Waals surface area (Å²) in [5.74, 6) is -0.299. The molecule has 2 amide bonds. The number of hydrogen-bond acceptors (Lipinski definition) is 3. The number of urea groups is 1. The Bertz CT molecular complexity index is 234. The van der Waals surface area contributed by atoms with E-state index < -0.39 is 16.8 Å². The summed E-state index contributed by atoms with van der Waals surface area (Å²) >= 11 is 0. The van der Waals surface area contributed by atoms with Crippen LogP contribution in [0.5, 0.6) is 0 Å². The highest BCUT2D eigenvalue weighted by Gasteiger charge is 2.00. The number of carboxylic acids is 1. The normalized spacial score (nSPS) is 11.8. The summed E-state index contributed by atoms with van der Waals surface area (Å²) in [5.41, 5.74) is 0. The molecule has 0 rings (SSSR count). The van der Waals surface area contributed by atoms with Crippen molar-refractivity contribution in [3.63, 3.8) is 0 Å². The van der Waals surface area contributed by atoms with Gasteiger partial charge in [0.1, 0.15) is 0 Å². The van der Waals surface area contributed by atoms with Crippen LogP contribution in [-0.2, 0) is 15.6 Å². The number of carbonyl (C=O) groups is 2. The number of nitrogens with one attached hydrogen (secondary N) is 2. The minimum Gasteiger partial charge on any atom is -0.481 e. The molecule has 1 atom stereocenters. The Morgan fingerprint density at radius 1 is 1.19 bits per heavy atom. The topological polar surface area (TPSA) is 95.5 Å². The number of amides is 2. The van der Waals surface area contributed by atoms with E-state index in [9.17, 15) is 13.8 Å². The van der Waals surface area contributed by atoms with Gasteiger partial charge in [0.2, 0.25) is 0 Å². The van der Waals surface area contributed by atoms with Crippen molar-refractivity contribution in [2.45, 2.75) is 19.3 Å². The van der Waals surface area contributed by atoms with Crippen LogP contribution in [0.25, 0.3) is 0 Å². The average Bonchev–Trinajstić information content (AvgIpc) is 2.19. The van der Waals surface area contributed by atoms with Crippen LogP contribution in [0.4, 0.5) is 4.79 Å². The molecule has 94 valence electrons. The van der Waals surface area contributed by atoms with Crippen LogP contribution in [0, 0.1) is 0 Å². The van der Waals surface area contributed by atoms with Crippen LogP contribution >= 0.6 is 0 Å². The summed E-state index contributed by atoms with van der Waals surface area (Å²) in [7, 11) is -0.829. The molecule has 0 radical (unpaired) electrons. The first-order valence-electron chi connectivity index (χ1n) is 5.06. The van der Waals surface area contributed by atoms with Crippen LogP contribution < -0.4 is 10.6 Å². The molecule has 0 fully saturated rings. The van der Waals surface area contributed by atoms with Crippen molar-refractivity contribution in [1.82, 2.24) is 10.6 Å². The lowest BCUT2D eigenvalue weighted by Crippen LogP contribution is -2.36. The molecule has 16 heavy (non-hydrogen) atoms. The molecule has 3 N–H and O–H groups in total. The standard InChI is InChI=1S/C9H18N2O4S/c1-16(15)7-3-6-11-9(14)10-5-2-4-8(12)13/h2-7H2,1H3,(H,12,13)(H2,10,11,14). The van der Waals surface area contributed by atoms with Gasteiger partial charge in [-0.25, -0.2) is 4.79 Å². The van der Waals surface area contributed by atoms with Crippen molar-refractivity contribution < 1.29 is 18.9 Å². The lowest BCUT2D eigenvalue weighted by atomic mass is 10.3. The van der Waals surface area contributed by atoms with Crippen molar-refractivity contribution in [1.29, 1.82) is 0 Å². The summed E-state index contributed by atoms with van der Waals surface area (Å²) < 4.78 is 10.7. The van der Waals surface area contributed by atoms with Gasteiger partial charge in [-0.1, -0.05) is 0 Å². The van der Waals surface area contributed by atoms with E-state index in [1.165, 1.54) is 0 Å². The second-order valence-electron chi connectivity index (χ2n) is 3.31. The Balaban J connectivity index is 3.31. The van der Waals surface area contributed by atoms with Crippen LogP contribution in [0.3, 0.4) is 0 Å². The van der Waals surface area contributed by atoms with Gasteiger partial charge in [0.25, 0.3) is 0 Å². The first kappa shape index (κ1) is 14.9. The van der Waals surface area contributed by atoms with Gasteiger partial charge < -0.3 is 15.7 Å². The van der Waals surface area contributed by atoms with E-state index in [0.717, 1.165) is 0 Å². The third kappa shape index (κ3) is 11.0. The fourth-order valence-corrected chi connectivity index (χ4v) is 1.53. The van der Waals surface area contributed by atoms with Gasteiger partial charge in [-0.2, -0.15) is 0 Å². The zero-order valence-electron chi connectivity index (χ0n) is 9.32. The lowest BCUT2D eigenvalue weighted by molar-refractivity contribution is -0.137. The van der Waals surface area contributed by atoms with Crippen LogP contribution in [0.1, 0.15) is 19.3 Å². The second kappa shape index (κ2) is 9.14. The average molecular weight is 250 g/mol. The first-order chi connectivity index (χ1) is 7.52. The molecule has 1 unspecified atom stereocenters. The van der Waals surface area contributed by atoms with Gasteiger partial charge in [-0.05, 0) is 12.8 Å². The Kier molecular flexibility index (Phi) is 8.51. The summed E-state index contributed by atoms with van der Waals surface area (Å²) in [4.78, 5) is 21.2. The van der Waals surface area contributed by atoms with Gasteiger partial charge in [0.05, 0.1) is 0 Å². The zero-order valence-corrected chi connectivity index (χ0v) is 10.1. The second-order valence-corrected chi connectivity index (χ2v) is 4.87. The minimum absolute atomic E-state index is 0.0507. The molecule has 0 spiro atoms. The molecule has 0 aliphatic carbocycles. The maximum Gasteiger partial charge on any atom is 0.314 e. The van der Waals surface area contributed by atoms with Gasteiger partial charge in [-0.15, -0.1) is 0 Å². The molecule has 0 heterocycles. The largest absolute Gasteiger partial charge is 0.481 e. The van der Waals surface area contributed by atoms with Crippen molar-refractivity contribution in [3.05, 3.63) is 0 Å². The molecule has 0 aromatic rings. The van der Waals surface area contributed by atoms with E-state index in [0.29, 0.717) is 31.7 Å². The van der Waals surface area contributed by atoms with Gasteiger partial charge in [-0.3, -0.25) is 9.00 Å². The van der Waals surface area contributed by atoms with Gasteiger partial charge in [0.15, 0.2) is 0 Å². The van der Waals surface area contributed by atoms with Crippen molar-refractivity contribution in [2.75, 3.05) is 25.1 Å². The molecule has 0 aliphatic rings. The van der Waals surface area contributed by atoms with E-state index in [1.54, 1.807) is 6.26 Å². The molecule has 0 aromatic heterocycles. The monoisotopic (exact) mass is 250 g/mol. The quantitative estimate of drug-likeness (QED) is 0.525. The van der Waals surface area contributed by atoms with Crippen LogP contribution in [-0.4, -0.2) is 46.4 Å². The van der Waals surface area contributed by atoms with Gasteiger partial charge >= 0.3 is 12.0 Å². The van der Waals surface area contributed by atoms with Crippen LogP contribution in [0.2, 0.25) is 0 Å². The SMILES string of the molecule is CS(=O)CCCNC(=O)NCCCC(=O)O. The molecular formula is C9H18N2O4S. The smallest absolute Gasteiger partial charge is 0.314 e. The van der Waals surface area contributed by atoms with E-state index in [1.807, 2.05) is 0 Å². The number of carboxylic acid groups (broad SMARTS) is 1. The molecule has 0 bridgehead atoms. The Morgan fingerprint density at radius 2 is 1.75 bits per heavy atom. The first-order valence-corrected chi connectivity index (χ1v) is 6.78. The summed E-state index contributed by atoms with van der Waals surface area (Å²) in [6.45, 7) is 0.822. The molecule has 0 saturated carbocycles. The molecule has 0 aliphatic heterocycles. The number of hydrogen-bond donors (Lipinski definition) is 3. The number of aliphatic carboxylic acids is 1. The zero-order chi connectivity index (χ0) is 12.4. The van der Waals surface area contributed by atoms with E-state index in [-0.39, 0.29) is 12.5 Å². The molecule has 0 saturated heterocycles. The molecular weight excluding hydrogens is 232 g/mol. The predicted octanol–water partition coefficient (Wildman–Crippen LogP) is -0.0810. The van der Waals surface area contributed by atoms with E-state index in [2.05, 4.69) is 10.6 Å². The minimum atomic E-state index is -0.868. The van der Waals surface area contributed by atoms with E-state index >= 15 is 0 Å². The van der Waals surface area contributed by atoms with E-state index in [4.69, 9.17) is 5.11 Å². The van der Waals surface area contributed by atoms with Crippen molar-refractivity contribution >= 4 is 22.8 Å². The summed E-state index contributed by atoms with van der Waals surface area (Å²) in [5, 5.41) is 13.5. The Morgan fingerprint density at radius 3 is 2.25 bits per heavy atom. The Labute approximate surface area is 97.3 Å². The third-order valence-corrected chi connectivity index (χ3v) is 2.61. The van der Waals surface area contributed by atoms with Gasteiger partial charge in [0, 0.05) is 42.3 Å². The maximum absolute atomic E-state index is 11.1. The molecule has 0 aromatic carbocycles. The fourth-order valence-electron chi connectivity index (χ4n) is 0.981. The number of rotatable bonds is 8. The summed E-state index contributed by atoms with van der Waals surface area (Å²) in [6.07, 6.45) is 2.76. The van der Waals surface area contributed by atoms with Crippen molar-refractivity contribution in [3.8, 4) is 0 Å². The lowest BCUT2D eigenvalue weighted by Gasteiger charge is -2.06. The fraction of sp³-hybridized carbons (Fsp3) is 0.778.